The van der Waals surface area contributed by atoms with Crippen molar-refractivity contribution in [2.75, 3.05) is 6.61 Å². The third kappa shape index (κ3) is 2.89. The van der Waals surface area contributed by atoms with Gasteiger partial charge in [-0.2, -0.15) is 0 Å². The zero-order valence-electron chi connectivity index (χ0n) is 9.17. The average Bonchev–Trinajstić information content (AvgIpc) is 2.56. The first-order chi connectivity index (χ1) is 6.72. The molecule has 0 N–H and O–H groups in total. The maximum Gasteiger partial charge on any atom is 0.509 e. The molecule has 1 aliphatic heterocycles. The lowest BCUT2D eigenvalue weighted by Crippen LogP contribution is -2.30. The minimum atomic E-state index is -0.498. The second kappa shape index (κ2) is 5.23. The maximum atomic E-state index is 10.9. The van der Waals surface area contributed by atoms with Gasteiger partial charge in [0.15, 0.2) is 0 Å². The summed E-state index contributed by atoms with van der Waals surface area (Å²) in [5, 5.41) is 0. The number of carbonyl (C=O) groups is 1. The van der Waals surface area contributed by atoms with Gasteiger partial charge in [-0.25, -0.2) is 4.79 Å². The summed E-state index contributed by atoms with van der Waals surface area (Å²) in [6.45, 7) is 4.67. The number of ether oxygens (including phenoxy) is 2. The third-order valence-electron chi connectivity index (χ3n) is 2.88. The fourth-order valence-electron chi connectivity index (χ4n) is 1.77. The van der Waals surface area contributed by atoms with Gasteiger partial charge in [0.1, 0.15) is 12.2 Å². The van der Waals surface area contributed by atoms with Crippen LogP contribution >= 0.6 is 0 Å². The van der Waals surface area contributed by atoms with Crippen molar-refractivity contribution in [3.05, 3.63) is 0 Å². The van der Waals surface area contributed by atoms with Crippen LogP contribution in [0.4, 0.5) is 4.79 Å². The van der Waals surface area contributed by atoms with Crippen LogP contribution in [0, 0.1) is 0 Å². The number of hydrogen-bond acceptors (Lipinski definition) is 3. The SMILES string of the molecule is CCCCCCC1(CC)COC(=O)O1. The van der Waals surface area contributed by atoms with E-state index in [4.69, 9.17) is 9.47 Å². The highest BCUT2D eigenvalue weighted by Crippen LogP contribution is 2.29. The Hall–Kier alpha value is -0.730. The predicted molar refractivity (Wildman–Crippen MR) is 54.2 cm³/mol. The van der Waals surface area contributed by atoms with Crippen LogP contribution < -0.4 is 0 Å². The fourth-order valence-corrected chi connectivity index (χ4v) is 1.77. The minimum absolute atomic E-state index is 0.315. The second-order valence-electron chi connectivity index (χ2n) is 3.99. The van der Waals surface area contributed by atoms with Gasteiger partial charge < -0.3 is 9.47 Å². The first-order valence-corrected chi connectivity index (χ1v) is 5.58. The number of carbonyl (C=O) groups excluding carboxylic acids is 1. The second-order valence-corrected chi connectivity index (χ2v) is 3.99. The summed E-state index contributed by atoms with van der Waals surface area (Å²) in [6, 6.07) is 0. The van der Waals surface area contributed by atoms with E-state index < -0.39 is 6.16 Å². The molecule has 3 heteroatoms. The number of cyclic esters (lactones) is 2. The van der Waals surface area contributed by atoms with Gasteiger partial charge in [0.05, 0.1) is 0 Å². The Morgan fingerprint density at radius 1 is 1.29 bits per heavy atom. The summed E-state index contributed by atoms with van der Waals surface area (Å²) in [5.41, 5.74) is -0.315. The Morgan fingerprint density at radius 2 is 2.07 bits per heavy atom. The van der Waals surface area contributed by atoms with Crippen molar-refractivity contribution in [2.24, 2.45) is 0 Å². The Kier molecular flexibility index (Phi) is 4.23. The summed E-state index contributed by atoms with van der Waals surface area (Å²) in [4.78, 5) is 10.9. The first-order valence-electron chi connectivity index (χ1n) is 5.58. The molecule has 0 aromatic heterocycles. The lowest BCUT2D eigenvalue weighted by Gasteiger charge is -2.22. The van der Waals surface area contributed by atoms with Crippen LogP contribution in [-0.4, -0.2) is 18.4 Å². The predicted octanol–water partition coefficient (Wildman–Crippen LogP) is 3.27. The molecule has 82 valence electrons. The van der Waals surface area contributed by atoms with Crippen molar-refractivity contribution in [1.29, 1.82) is 0 Å². The van der Waals surface area contributed by atoms with Gasteiger partial charge in [-0.3, -0.25) is 0 Å². The molecule has 0 spiro atoms. The van der Waals surface area contributed by atoms with Crippen LogP contribution in [0.25, 0.3) is 0 Å². The van der Waals surface area contributed by atoms with Crippen molar-refractivity contribution in [1.82, 2.24) is 0 Å². The van der Waals surface area contributed by atoms with E-state index in [1.807, 2.05) is 6.92 Å². The fraction of sp³-hybridized carbons (Fsp3) is 0.909. The molecule has 0 radical (unpaired) electrons. The highest BCUT2D eigenvalue weighted by atomic mass is 16.8. The Bertz CT molecular complexity index is 191. The van der Waals surface area contributed by atoms with E-state index in [1.54, 1.807) is 0 Å². The molecule has 1 fully saturated rings. The molecule has 0 saturated carbocycles. The molecular weight excluding hydrogens is 180 g/mol. The van der Waals surface area contributed by atoms with Gasteiger partial charge >= 0.3 is 6.16 Å². The van der Waals surface area contributed by atoms with Crippen molar-refractivity contribution >= 4 is 6.16 Å². The van der Waals surface area contributed by atoms with Crippen LogP contribution in [0.2, 0.25) is 0 Å². The monoisotopic (exact) mass is 200 g/mol. The average molecular weight is 200 g/mol. The van der Waals surface area contributed by atoms with Crippen LogP contribution in [0.3, 0.4) is 0 Å². The standard InChI is InChI=1S/C11H20O3/c1-3-5-6-7-8-11(4-2)9-13-10(12)14-11/h3-9H2,1-2H3. The zero-order chi connectivity index (χ0) is 10.4. The quantitative estimate of drug-likeness (QED) is 0.487. The van der Waals surface area contributed by atoms with E-state index in [2.05, 4.69) is 6.92 Å². The van der Waals surface area contributed by atoms with E-state index in [1.165, 1.54) is 19.3 Å². The molecule has 0 bridgehead atoms. The number of rotatable bonds is 6. The molecule has 1 heterocycles. The van der Waals surface area contributed by atoms with Crippen molar-refractivity contribution in [3.8, 4) is 0 Å². The molecule has 0 aromatic carbocycles. The van der Waals surface area contributed by atoms with Gasteiger partial charge in [0, 0.05) is 0 Å². The smallest absolute Gasteiger partial charge is 0.430 e. The highest BCUT2D eigenvalue weighted by Gasteiger charge is 2.39. The molecule has 1 aliphatic rings. The van der Waals surface area contributed by atoms with Crippen LogP contribution in [0.15, 0.2) is 0 Å². The van der Waals surface area contributed by atoms with E-state index in [-0.39, 0.29) is 5.60 Å². The van der Waals surface area contributed by atoms with Crippen LogP contribution in [0.1, 0.15) is 52.4 Å². The molecular formula is C11H20O3. The normalized spacial score (nSPS) is 26.0. The molecule has 0 aromatic rings. The molecule has 1 saturated heterocycles. The van der Waals surface area contributed by atoms with Crippen LogP contribution in [-0.2, 0) is 9.47 Å². The zero-order valence-corrected chi connectivity index (χ0v) is 9.17. The topological polar surface area (TPSA) is 35.5 Å². The van der Waals surface area contributed by atoms with Crippen molar-refractivity contribution in [2.45, 2.75) is 58.0 Å². The molecule has 1 atom stereocenters. The lowest BCUT2D eigenvalue weighted by atomic mass is 9.94. The van der Waals surface area contributed by atoms with Gasteiger partial charge in [-0.05, 0) is 19.3 Å². The van der Waals surface area contributed by atoms with Gasteiger partial charge in [0.25, 0.3) is 0 Å². The maximum absolute atomic E-state index is 10.9. The Balaban J connectivity index is 2.28. The van der Waals surface area contributed by atoms with E-state index in [0.717, 1.165) is 19.3 Å². The van der Waals surface area contributed by atoms with E-state index in [0.29, 0.717) is 6.61 Å². The summed E-state index contributed by atoms with van der Waals surface area (Å²) < 4.78 is 10.1. The summed E-state index contributed by atoms with van der Waals surface area (Å²) in [5.74, 6) is 0. The first kappa shape index (κ1) is 11.3. The largest absolute Gasteiger partial charge is 0.509 e. The Morgan fingerprint density at radius 3 is 2.57 bits per heavy atom. The van der Waals surface area contributed by atoms with Crippen LogP contribution in [0.5, 0.6) is 0 Å². The molecule has 1 rings (SSSR count). The van der Waals surface area contributed by atoms with Gasteiger partial charge in [-0.1, -0.05) is 33.1 Å². The summed E-state index contributed by atoms with van der Waals surface area (Å²) in [6.07, 6.45) is 6.13. The van der Waals surface area contributed by atoms with Crippen molar-refractivity contribution in [3.63, 3.8) is 0 Å². The van der Waals surface area contributed by atoms with Crippen molar-refractivity contribution < 1.29 is 14.3 Å². The van der Waals surface area contributed by atoms with E-state index >= 15 is 0 Å². The molecule has 0 aliphatic carbocycles. The summed E-state index contributed by atoms with van der Waals surface area (Å²) >= 11 is 0. The number of unbranched alkanes of at least 4 members (excludes halogenated alkanes) is 3. The summed E-state index contributed by atoms with van der Waals surface area (Å²) in [7, 11) is 0. The van der Waals surface area contributed by atoms with Gasteiger partial charge in [0.2, 0.25) is 0 Å². The van der Waals surface area contributed by atoms with E-state index in [9.17, 15) is 4.79 Å². The van der Waals surface area contributed by atoms with Gasteiger partial charge in [-0.15, -0.1) is 0 Å². The lowest BCUT2D eigenvalue weighted by molar-refractivity contribution is 0.0441. The molecule has 14 heavy (non-hydrogen) atoms. The molecule has 1 unspecified atom stereocenters. The number of hydrogen-bond donors (Lipinski definition) is 0. The third-order valence-corrected chi connectivity index (χ3v) is 2.88. The Labute approximate surface area is 85.8 Å². The molecule has 0 amide bonds. The minimum Gasteiger partial charge on any atom is -0.430 e. The highest BCUT2D eigenvalue weighted by molar-refractivity contribution is 5.62. The molecule has 3 nitrogen and oxygen atoms in total.